The van der Waals surface area contributed by atoms with Gasteiger partial charge in [0.25, 0.3) is 0 Å². The number of nitrogens with zero attached hydrogens (tertiary/aromatic N) is 3. The number of benzene rings is 8. The van der Waals surface area contributed by atoms with Gasteiger partial charge in [0.2, 0.25) is 0 Å². The van der Waals surface area contributed by atoms with Gasteiger partial charge in [-0.3, -0.25) is 0 Å². The van der Waals surface area contributed by atoms with Crippen LogP contribution < -0.4 is 0 Å². The first-order valence-electron chi connectivity index (χ1n) is 17.8. The number of rotatable bonds is 6. The van der Waals surface area contributed by atoms with E-state index in [1.807, 2.05) is 6.07 Å². The topological polar surface area (TPSA) is 38.7 Å². The molecule has 0 saturated carbocycles. The van der Waals surface area contributed by atoms with E-state index in [4.69, 9.17) is 15.0 Å². The van der Waals surface area contributed by atoms with Gasteiger partial charge in [-0.05, 0) is 62.4 Å². The molecule has 10 rings (SSSR count). The van der Waals surface area contributed by atoms with Crippen molar-refractivity contribution >= 4 is 42.3 Å². The van der Waals surface area contributed by atoms with Crippen molar-refractivity contribution in [2.75, 3.05) is 0 Å². The highest BCUT2D eigenvalue weighted by molar-refractivity contribution is 7.26. The summed E-state index contributed by atoms with van der Waals surface area (Å²) in [4.78, 5) is 15.7. The Balaban J connectivity index is 1.14. The quantitative estimate of drug-likeness (QED) is 0.174. The molecule has 0 aliphatic rings. The number of hydrogen-bond donors (Lipinski definition) is 0. The molecule has 0 radical (unpaired) electrons. The lowest BCUT2D eigenvalue weighted by atomic mass is 9.93. The Morgan fingerprint density at radius 1 is 0.264 bits per heavy atom. The highest BCUT2D eigenvalue weighted by Gasteiger charge is 2.19. The van der Waals surface area contributed by atoms with Gasteiger partial charge in [0.05, 0.1) is 0 Å². The number of fused-ring (bicyclic) bond motifs is 4. The predicted molar refractivity (Wildman–Crippen MR) is 223 cm³/mol. The summed E-state index contributed by atoms with van der Waals surface area (Å²) in [5.41, 5.74) is 9.99. The molecule has 0 aliphatic carbocycles. The second-order valence-electron chi connectivity index (χ2n) is 13.2. The monoisotopic (exact) mass is 693 g/mol. The maximum Gasteiger partial charge on any atom is 0.165 e. The van der Waals surface area contributed by atoms with Crippen LogP contribution in [-0.4, -0.2) is 15.0 Å². The molecule has 0 spiro atoms. The van der Waals surface area contributed by atoms with Gasteiger partial charge in [0.1, 0.15) is 0 Å². The molecular weight excluding hydrogens is 663 g/mol. The van der Waals surface area contributed by atoms with Crippen molar-refractivity contribution in [2.45, 2.75) is 0 Å². The van der Waals surface area contributed by atoms with E-state index in [-0.39, 0.29) is 0 Å². The van der Waals surface area contributed by atoms with Crippen LogP contribution in [0.2, 0.25) is 0 Å². The number of aromatic nitrogens is 3. The van der Waals surface area contributed by atoms with Crippen LogP contribution in [0.4, 0.5) is 0 Å². The summed E-state index contributed by atoms with van der Waals surface area (Å²) in [5.74, 6) is 1.96. The molecule has 0 aliphatic heterocycles. The van der Waals surface area contributed by atoms with Crippen LogP contribution in [0.1, 0.15) is 0 Å². The van der Waals surface area contributed by atoms with Crippen LogP contribution in [0, 0.1) is 0 Å². The fourth-order valence-corrected chi connectivity index (χ4v) is 8.54. The van der Waals surface area contributed by atoms with E-state index in [1.54, 1.807) is 11.3 Å². The minimum atomic E-state index is 0.646. The van der Waals surface area contributed by atoms with Crippen LogP contribution in [0.5, 0.6) is 0 Å². The molecule has 0 bridgehead atoms. The van der Waals surface area contributed by atoms with E-state index in [9.17, 15) is 0 Å². The third kappa shape index (κ3) is 5.66. The van der Waals surface area contributed by atoms with Crippen molar-refractivity contribution in [3.05, 3.63) is 188 Å². The van der Waals surface area contributed by atoms with Gasteiger partial charge in [-0.1, -0.05) is 170 Å². The summed E-state index contributed by atoms with van der Waals surface area (Å²) in [6, 6.07) is 66.3. The predicted octanol–water partition coefficient (Wildman–Crippen LogP) is 13.4. The van der Waals surface area contributed by atoms with Gasteiger partial charge in [-0.15, -0.1) is 11.3 Å². The molecule has 4 heteroatoms. The normalized spacial score (nSPS) is 11.4. The van der Waals surface area contributed by atoms with E-state index in [0.29, 0.717) is 17.5 Å². The summed E-state index contributed by atoms with van der Waals surface area (Å²) < 4.78 is 2.43. The zero-order valence-corrected chi connectivity index (χ0v) is 29.5. The summed E-state index contributed by atoms with van der Waals surface area (Å²) in [7, 11) is 0. The van der Waals surface area contributed by atoms with Crippen LogP contribution in [0.15, 0.2) is 188 Å². The number of hydrogen-bond acceptors (Lipinski definition) is 4. The van der Waals surface area contributed by atoms with Crippen molar-refractivity contribution in [1.29, 1.82) is 0 Å². The van der Waals surface area contributed by atoms with E-state index in [1.165, 1.54) is 48.0 Å². The average molecular weight is 694 g/mol. The molecule has 0 fully saturated rings. The fourth-order valence-electron chi connectivity index (χ4n) is 7.33. The Kier molecular flexibility index (Phi) is 7.67. The summed E-state index contributed by atoms with van der Waals surface area (Å²) in [6.07, 6.45) is 0. The fraction of sp³-hybridized carbons (Fsp3) is 0. The minimum Gasteiger partial charge on any atom is -0.208 e. The Morgan fingerprint density at radius 3 is 1.38 bits per heavy atom. The standard InChI is InChI=1S/C49H31N3S/c1-3-12-32(13-4-1)34-22-26-36(27-23-34)38-30-31-43(40-17-8-7-16-39(38)40)48-50-47(37-28-24-35(25-29-37)33-14-5-2-6-15-33)51-49(52-48)44-20-11-19-42-41-18-9-10-21-45(41)53-46(42)44/h1-31H. The van der Waals surface area contributed by atoms with Crippen LogP contribution in [0.25, 0.3) is 98.5 Å². The van der Waals surface area contributed by atoms with Crippen LogP contribution in [-0.2, 0) is 0 Å². The van der Waals surface area contributed by atoms with Crippen molar-refractivity contribution in [2.24, 2.45) is 0 Å². The Labute approximate surface area is 311 Å². The summed E-state index contributed by atoms with van der Waals surface area (Å²) in [5, 5.41) is 4.71. The molecule has 248 valence electrons. The van der Waals surface area contributed by atoms with Crippen LogP contribution in [0.3, 0.4) is 0 Å². The lowest BCUT2D eigenvalue weighted by Crippen LogP contribution is -2.01. The molecular formula is C49H31N3S. The molecule has 53 heavy (non-hydrogen) atoms. The molecule has 8 aromatic carbocycles. The van der Waals surface area contributed by atoms with Crippen molar-refractivity contribution in [1.82, 2.24) is 15.0 Å². The van der Waals surface area contributed by atoms with E-state index < -0.39 is 0 Å². The van der Waals surface area contributed by atoms with Crippen molar-refractivity contribution < 1.29 is 0 Å². The van der Waals surface area contributed by atoms with Gasteiger partial charge >= 0.3 is 0 Å². The Bertz CT molecular complexity index is 2910. The average Bonchev–Trinajstić information content (AvgIpc) is 3.63. The molecule has 0 unspecified atom stereocenters. The van der Waals surface area contributed by atoms with E-state index in [2.05, 4.69) is 182 Å². The molecule has 2 aromatic heterocycles. The molecule has 10 aromatic rings. The lowest BCUT2D eigenvalue weighted by molar-refractivity contribution is 1.08. The van der Waals surface area contributed by atoms with Crippen LogP contribution >= 0.6 is 11.3 Å². The minimum absolute atomic E-state index is 0.646. The molecule has 0 atom stereocenters. The summed E-state index contributed by atoms with van der Waals surface area (Å²) in [6.45, 7) is 0. The molecule has 0 amide bonds. The lowest BCUT2D eigenvalue weighted by Gasteiger charge is -2.14. The van der Waals surface area contributed by atoms with Gasteiger partial charge in [-0.25, -0.2) is 15.0 Å². The largest absolute Gasteiger partial charge is 0.208 e. The highest BCUT2D eigenvalue weighted by atomic mass is 32.1. The first-order chi connectivity index (χ1) is 26.3. The molecule has 0 saturated heterocycles. The SMILES string of the molecule is c1ccc(-c2ccc(-c3nc(-c4ccc(-c5ccc(-c6ccccc6)cc5)c5ccccc45)nc(-c4cccc5c4sc4ccccc45)n3)cc2)cc1. The maximum absolute atomic E-state index is 5.27. The molecule has 0 N–H and O–H groups in total. The first kappa shape index (κ1) is 31.0. The maximum atomic E-state index is 5.27. The van der Waals surface area contributed by atoms with Gasteiger partial charge in [-0.2, -0.15) is 0 Å². The Morgan fingerprint density at radius 2 is 0.717 bits per heavy atom. The molecule has 2 heterocycles. The third-order valence-corrected chi connectivity index (χ3v) is 11.2. The summed E-state index contributed by atoms with van der Waals surface area (Å²) >= 11 is 1.79. The first-order valence-corrected chi connectivity index (χ1v) is 18.6. The third-order valence-electron chi connectivity index (χ3n) is 10.00. The van der Waals surface area contributed by atoms with E-state index >= 15 is 0 Å². The van der Waals surface area contributed by atoms with Gasteiger partial charge in [0.15, 0.2) is 17.5 Å². The number of thiophene rings is 1. The zero-order valence-electron chi connectivity index (χ0n) is 28.6. The second-order valence-corrected chi connectivity index (χ2v) is 14.2. The van der Waals surface area contributed by atoms with Crippen molar-refractivity contribution in [3.8, 4) is 67.5 Å². The van der Waals surface area contributed by atoms with Gasteiger partial charge in [0, 0.05) is 36.9 Å². The zero-order chi connectivity index (χ0) is 35.1. The highest BCUT2D eigenvalue weighted by Crippen LogP contribution is 2.41. The molecule has 3 nitrogen and oxygen atoms in total. The van der Waals surface area contributed by atoms with Gasteiger partial charge < -0.3 is 0 Å². The van der Waals surface area contributed by atoms with Crippen molar-refractivity contribution in [3.63, 3.8) is 0 Å². The second kappa shape index (κ2) is 13.1. The Hall–Kier alpha value is -6.75. The smallest absolute Gasteiger partial charge is 0.165 e. The van der Waals surface area contributed by atoms with E-state index in [0.717, 1.165) is 33.0 Å².